The van der Waals surface area contributed by atoms with Crippen molar-refractivity contribution in [1.29, 1.82) is 0 Å². The molecule has 0 aliphatic carbocycles. The predicted molar refractivity (Wildman–Crippen MR) is 9.78 cm³/mol. The Morgan fingerprint density at radius 2 is 1.75 bits per heavy atom. The predicted octanol–water partition coefficient (Wildman–Crippen LogP) is 0.606. The maximum Gasteiger partial charge on any atom is 0.767 e. The SMILES string of the molecule is O=[P+]1OO1. The van der Waals surface area contributed by atoms with Crippen LogP contribution < -0.4 is 0 Å². The van der Waals surface area contributed by atoms with Gasteiger partial charge in [-0.15, -0.1) is 0 Å². The molecule has 0 spiro atoms. The minimum Gasteiger partial charge on any atom is 0.0149 e. The summed E-state index contributed by atoms with van der Waals surface area (Å²) in [4.78, 5) is 0. The second-order valence-electron chi connectivity index (χ2n) is 0.373. The van der Waals surface area contributed by atoms with Gasteiger partial charge in [-0.1, -0.05) is 0 Å². The van der Waals surface area contributed by atoms with Crippen molar-refractivity contribution in [2.75, 3.05) is 0 Å². The molecule has 4 heteroatoms. The Hall–Kier alpha value is 0.0200. The Balaban J connectivity index is 2.60. The van der Waals surface area contributed by atoms with Crippen LogP contribution in [0.4, 0.5) is 0 Å². The van der Waals surface area contributed by atoms with E-state index in [1.165, 1.54) is 0 Å². The first-order chi connectivity index (χ1) is 1.89. The van der Waals surface area contributed by atoms with E-state index in [0.29, 0.717) is 0 Å². The zero-order chi connectivity index (χ0) is 2.99. The molecule has 0 aromatic carbocycles. The first kappa shape index (κ1) is 2.27. The first-order valence-electron chi connectivity index (χ1n) is 0.714. The maximum atomic E-state index is 9.26. The molecule has 1 saturated heterocycles. The molecule has 4 heavy (non-hydrogen) atoms. The molecule has 0 atom stereocenters. The van der Waals surface area contributed by atoms with Gasteiger partial charge in [0.1, 0.15) is 9.35 Å². The van der Waals surface area contributed by atoms with Gasteiger partial charge in [0.05, 0.1) is 0 Å². The summed E-state index contributed by atoms with van der Waals surface area (Å²) in [6, 6.07) is 0. The van der Waals surface area contributed by atoms with E-state index >= 15 is 0 Å². The molecular weight excluding hydrogens is 79.0 g/mol. The smallest absolute Gasteiger partial charge is 0.0149 e. The molecule has 0 radical (unpaired) electrons. The van der Waals surface area contributed by atoms with Gasteiger partial charge in [-0.25, -0.2) is 0 Å². The highest BCUT2D eigenvalue weighted by Gasteiger charge is 2.46. The third-order valence-corrected chi connectivity index (χ3v) is 0.406. The van der Waals surface area contributed by atoms with Crippen LogP contribution in [0.2, 0.25) is 0 Å². The summed E-state index contributed by atoms with van der Waals surface area (Å²) in [5.41, 5.74) is 0. The van der Waals surface area contributed by atoms with Crippen molar-refractivity contribution in [1.82, 2.24) is 0 Å². The summed E-state index contributed by atoms with van der Waals surface area (Å²) in [7, 11) is -1.62. The summed E-state index contributed by atoms with van der Waals surface area (Å²) in [5, 5.41) is 0. The van der Waals surface area contributed by atoms with Crippen LogP contribution in [0.15, 0.2) is 0 Å². The van der Waals surface area contributed by atoms with Gasteiger partial charge in [0.25, 0.3) is 0 Å². The molecule has 22 valence electrons. The van der Waals surface area contributed by atoms with E-state index in [1.807, 2.05) is 0 Å². The average molecular weight is 79.0 g/mol. The number of hydrogen-bond acceptors (Lipinski definition) is 3. The van der Waals surface area contributed by atoms with Gasteiger partial charge in [-0.05, 0) is 0 Å². The van der Waals surface area contributed by atoms with Gasteiger partial charge < -0.3 is 0 Å². The molecule has 1 fully saturated rings. The van der Waals surface area contributed by atoms with Crippen molar-refractivity contribution >= 4 is 8.25 Å². The molecule has 0 aromatic rings. The van der Waals surface area contributed by atoms with Crippen molar-refractivity contribution in [2.24, 2.45) is 0 Å². The first-order valence-corrected chi connectivity index (χ1v) is 1.81. The lowest BCUT2D eigenvalue weighted by atomic mass is 15.0. The molecule has 0 aromatic heterocycles. The Morgan fingerprint density at radius 3 is 1.75 bits per heavy atom. The third-order valence-electron chi connectivity index (χ3n) is 0.135. The van der Waals surface area contributed by atoms with Gasteiger partial charge in [-0.2, -0.15) is 0 Å². The normalized spacial score (nSPS) is 21.5. The van der Waals surface area contributed by atoms with E-state index < -0.39 is 8.25 Å². The highest BCUT2D eigenvalue weighted by atomic mass is 31.1. The summed E-state index contributed by atoms with van der Waals surface area (Å²) < 4.78 is 16.7. The summed E-state index contributed by atoms with van der Waals surface area (Å²) in [6.45, 7) is 0. The second kappa shape index (κ2) is 0.489. The van der Waals surface area contributed by atoms with E-state index in [2.05, 4.69) is 9.35 Å². The van der Waals surface area contributed by atoms with Crippen LogP contribution in [-0.2, 0) is 13.9 Å². The van der Waals surface area contributed by atoms with Gasteiger partial charge in [-0.3, -0.25) is 0 Å². The van der Waals surface area contributed by atoms with E-state index in [-0.39, 0.29) is 0 Å². The highest BCUT2D eigenvalue weighted by molar-refractivity contribution is 7.37. The fourth-order valence-corrected chi connectivity index (χ4v) is 0.122. The average Bonchev–Trinajstić information content (AvgIpc) is 1.75. The monoisotopic (exact) mass is 79.0 g/mol. The number of rotatable bonds is 0. The topological polar surface area (TPSA) is 42.1 Å². The quantitative estimate of drug-likeness (QED) is 0.242. The summed E-state index contributed by atoms with van der Waals surface area (Å²) in [6.07, 6.45) is 0. The van der Waals surface area contributed by atoms with Gasteiger partial charge in [0, 0.05) is 4.57 Å². The molecule has 0 bridgehead atoms. The summed E-state index contributed by atoms with van der Waals surface area (Å²) in [5.74, 6) is 0. The minimum atomic E-state index is -1.62. The lowest BCUT2D eigenvalue weighted by molar-refractivity contribution is 0.0850. The van der Waals surface area contributed by atoms with Crippen LogP contribution in [0.1, 0.15) is 0 Å². The third kappa shape index (κ3) is 0.230. The van der Waals surface area contributed by atoms with Crippen LogP contribution in [0.5, 0.6) is 0 Å². The minimum absolute atomic E-state index is 1.62. The van der Waals surface area contributed by atoms with Crippen molar-refractivity contribution < 1.29 is 13.9 Å². The van der Waals surface area contributed by atoms with E-state index in [0.717, 1.165) is 0 Å². The standard InChI is InChI=1S/O3P/c1-4-2-3-4/q+1. The zero-order valence-corrected chi connectivity index (χ0v) is 2.57. The van der Waals surface area contributed by atoms with E-state index in [9.17, 15) is 4.57 Å². The summed E-state index contributed by atoms with van der Waals surface area (Å²) >= 11 is 0. The van der Waals surface area contributed by atoms with E-state index in [1.54, 1.807) is 0 Å². The molecule has 1 rings (SSSR count). The fourth-order valence-electron chi connectivity index (χ4n) is 0.0136. The lowest BCUT2D eigenvalue weighted by Crippen LogP contribution is -1.07. The van der Waals surface area contributed by atoms with Crippen LogP contribution in [0.3, 0.4) is 0 Å². The molecule has 0 unspecified atom stereocenters. The Labute approximate surface area is 23.4 Å². The maximum absolute atomic E-state index is 9.26. The molecule has 3 nitrogen and oxygen atoms in total. The van der Waals surface area contributed by atoms with Crippen LogP contribution in [0.25, 0.3) is 0 Å². The van der Waals surface area contributed by atoms with E-state index in [4.69, 9.17) is 0 Å². The highest BCUT2D eigenvalue weighted by Crippen LogP contribution is 2.41. The molecular formula is O3P+. The fraction of sp³-hybridized carbons (Fsp3) is 0. The number of hydrogen-bond donors (Lipinski definition) is 0. The van der Waals surface area contributed by atoms with Crippen molar-refractivity contribution in [3.63, 3.8) is 0 Å². The van der Waals surface area contributed by atoms with Crippen LogP contribution in [-0.4, -0.2) is 0 Å². The molecule has 1 heterocycles. The molecule has 0 amide bonds. The van der Waals surface area contributed by atoms with Gasteiger partial charge in [0.2, 0.25) is 0 Å². The Kier molecular flexibility index (Phi) is 0.277. The van der Waals surface area contributed by atoms with Crippen molar-refractivity contribution in [3.8, 4) is 0 Å². The molecule has 0 saturated carbocycles. The van der Waals surface area contributed by atoms with Crippen molar-refractivity contribution in [2.45, 2.75) is 0 Å². The van der Waals surface area contributed by atoms with Crippen molar-refractivity contribution in [3.05, 3.63) is 0 Å². The van der Waals surface area contributed by atoms with Crippen LogP contribution in [0, 0.1) is 0 Å². The van der Waals surface area contributed by atoms with Gasteiger partial charge in [0.15, 0.2) is 0 Å². The Bertz CT molecular complexity index is 41.2. The largest absolute Gasteiger partial charge is 0.767 e. The van der Waals surface area contributed by atoms with Gasteiger partial charge >= 0.3 is 8.25 Å². The zero-order valence-electron chi connectivity index (χ0n) is 1.67. The lowest BCUT2D eigenvalue weighted by Gasteiger charge is -0.891. The molecule has 1 aliphatic rings. The molecule has 0 N–H and O–H groups in total. The van der Waals surface area contributed by atoms with Crippen LogP contribution >= 0.6 is 8.25 Å². The second-order valence-corrected chi connectivity index (χ2v) is 1.12. The molecule has 1 aliphatic heterocycles. The Morgan fingerprint density at radius 1 is 1.50 bits per heavy atom.